The molecule has 0 unspecified atom stereocenters. The number of benzene rings is 1. The van der Waals surface area contributed by atoms with Crippen molar-refractivity contribution < 1.29 is 23.4 Å². The molecule has 1 saturated heterocycles. The van der Waals surface area contributed by atoms with E-state index in [2.05, 4.69) is 25.6 Å². The van der Waals surface area contributed by atoms with Gasteiger partial charge in [0, 0.05) is 12.0 Å². The smallest absolute Gasteiger partial charge is 0.225 e. The fourth-order valence-electron chi connectivity index (χ4n) is 4.60. The van der Waals surface area contributed by atoms with Gasteiger partial charge in [-0.3, -0.25) is 9.36 Å². The molecule has 0 radical (unpaired) electrons. The second kappa shape index (κ2) is 9.51. The first kappa shape index (κ1) is 23.6. The molecule has 5 rings (SSSR count). The number of hydrogen-bond acceptors (Lipinski definition) is 8. The molecule has 1 saturated carbocycles. The van der Waals surface area contributed by atoms with Gasteiger partial charge in [-0.1, -0.05) is 11.6 Å². The minimum Gasteiger partial charge on any atom is -0.388 e. The molecule has 10 nitrogen and oxygen atoms in total. The Morgan fingerprint density at radius 1 is 1.17 bits per heavy atom. The van der Waals surface area contributed by atoms with Crippen LogP contribution in [0.15, 0.2) is 18.3 Å². The highest BCUT2D eigenvalue weighted by atomic mass is 35.5. The van der Waals surface area contributed by atoms with Gasteiger partial charge in [0.2, 0.25) is 17.8 Å². The second-order valence-electron chi connectivity index (χ2n) is 8.82. The lowest BCUT2D eigenvalue weighted by Gasteiger charge is -2.29. The highest BCUT2D eigenvalue weighted by molar-refractivity contribution is 6.30. The number of imidazole rings is 1. The summed E-state index contributed by atoms with van der Waals surface area (Å²) in [5.41, 5.74) is 6.26. The van der Waals surface area contributed by atoms with E-state index in [-0.39, 0.29) is 53.1 Å². The molecule has 0 bridgehead atoms. The number of amides is 1. The van der Waals surface area contributed by atoms with Crippen molar-refractivity contribution in [2.75, 3.05) is 23.8 Å². The van der Waals surface area contributed by atoms with Gasteiger partial charge in [-0.2, -0.15) is 4.98 Å². The largest absolute Gasteiger partial charge is 0.388 e. The average molecular weight is 508 g/mol. The van der Waals surface area contributed by atoms with Gasteiger partial charge in [0.1, 0.15) is 5.52 Å². The van der Waals surface area contributed by atoms with Crippen molar-refractivity contribution in [3.63, 3.8) is 0 Å². The van der Waals surface area contributed by atoms with Crippen LogP contribution in [0.5, 0.6) is 0 Å². The number of halogens is 3. The Morgan fingerprint density at radius 2 is 1.94 bits per heavy atom. The maximum Gasteiger partial charge on any atom is 0.225 e. The van der Waals surface area contributed by atoms with Crippen LogP contribution in [0, 0.1) is 17.6 Å². The van der Waals surface area contributed by atoms with Gasteiger partial charge in [-0.15, -0.1) is 0 Å². The molecule has 3 heterocycles. The lowest BCUT2D eigenvalue weighted by atomic mass is 9.85. The van der Waals surface area contributed by atoms with Crippen molar-refractivity contribution in [2.24, 2.45) is 11.7 Å². The summed E-state index contributed by atoms with van der Waals surface area (Å²) in [5, 5.41) is 15.7. The van der Waals surface area contributed by atoms with Gasteiger partial charge in [0.15, 0.2) is 17.3 Å². The van der Waals surface area contributed by atoms with E-state index in [9.17, 15) is 18.7 Å². The number of rotatable bonds is 6. The topological polar surface area (TPSA) is 140 Å². The number of carbonyl (C=O) groups excluding carboxylic acids is 1. The number of nitrogens with two attached hydrogens (primary N) is 1. The number of anilines is 3. The van der Waals surface area contributed by atoms with Crippen LogP contribution in [0.1, 0.15) is 31.7 Å². The normalized spacial score (nSPS) is 24.6. The predicted molar refractivity (Wildman–Crippen MR) is 124 cm³/mol. The monoisotopic (exact) mass is 507 g/mol. The van der Waals surface area contributed by atoms with Crippen molar-refractivity contribution in [2.45, 2.75) is 43.9 Å². The highest BCUT2D eigenvalue weighted by Gasteiger charge is 2.30. The molecule has 2 atom stereocenters. The first-order valence-corrected chi connectivity index (χ1v) is 11.7. The lowest BCUT2D eigenvalue weighted by molar-refractivity contribution is -0.122. The third-order valence-electron chi connectivity index (χ3n) is 6.54. The van der Waals surface area contributed by atoms with Gasteiger partial charge in [0.05, 0.1) is 42.3 Å². The number of carbonyl (C=O) groups is 1. The number of nitrogens with zero attached hydrogens (tertiary/aromatic N) is 4. The molecule has 2 aliphatic rings. The van der Waals surface area contributed by atoms with Crippen molar-refractivity contribution in [3.05, 3.63) is 35.0 Å². The number of hydrogen-bond donors (Lipinski definition) is 4. The Labute approximate surface area is 203 Å². The average Bonchev–Trinajstić information content (AvgIpc) is 3.41. The molecule has 35 heavy (non-hydrogen) atoms. The molecule has 3 aromatic rings. The van der Waals surface area contributed by atoms with E-state index in [1.165, 1.54) is 18.3 Å². The third-order valence-corrected chi connectivity index (χ3v) is 6.84. The lowest BCUT2D eigenvalue weighted by Crippen LogP contribution is -2.32. The van der Waals surface area contributed by atoms with E-state index in [1.54, 1.807) is 0 Å². The summed E-state index contributed by atoms with van der Waals surface area (Å²) in [6.07, 6.45) is 3.24. The zero-order valence-corrected chi connectivity index (χ0v) is 19.3. The van der Waals surface area contributed by atoms with Crippen LogP contribution in [-0.2, 0) is 9.53 Å². The number of aliphatic hydroxyl groups excluding tert-OH is 1. The van der Waals surface area contributed by atoms with E-state index in [0.29, 0.717) is 43.5 Å². The number of aliphatic hydroxyl groups is 1. The molecule has 2 aromatic heterocycles. The number of primary amides is 1. The van der Waals surface area contributed by atoms with Gasteiger partial charge in [0.25, 0.3) is 0 Å². The Balaban J connectivity index is 1.53. The molecule has 5 N–H and O–H groups in total. The van der Waals surface area contributed by atoms with Crippen molar-refractivity contribution in [1.29, 1.82) is 0 Å². The van der Waals surface area contributed by atoms with Crippen LogP contribution in [0.2, 0.25) is 5.02 Å². The molecule has 186 valence electrons. The summed E-state index contributed by atoms with van der Waals surface area (Å²) in [6.45, 7) is 0.533. The molecule has 1 aromatic carbocycles. The van der Waals surface area contributed by atoms with E-state index in [1.807, 2.05) is 4.57 Å². The number of nitrogens with one attached hydrogen (secondary N) is 2. The Hall–Kier alpha value is -3.09. The SMILES string of the molecule is NC(=O)[C@H]1CC[C@@H](n2c(Nc3ccc(Cl)c(F)c3F)nc3cnc(N[C@H]4COC[C@@H]4O)nc32)CC1. The van der Waals surface area contributed by atoms with E-state index in [0.717, 1.165) is 0 Å². The standard InChI is InChI=1S/C22H24ClF2N7O3/c23-12-5-6-13(18(25)17(12)24)29-22-30-14-7-27-21(28-15-8-35-9-16(15)33)31-20(14)32(22)11-3-1-10(2-4-11)19(26)34/h5-7,10-11,15-16,33H,1-4,8-9H2,(H2,26,34)(H,29,30)(H,27,28,31)/t10-,11+,15-,16-/m0/s1. The first-order chi connectivity index (χ1) is 16.8. The van der Waals surface area contributed by atoms with Crippen LogP contribution in [0.25, 0.3) is 11.2 Å². The number of ether oxygens (including phenoxy) is 1. The Morgan fingerprint density at radius 3 is 2.63 bits per heavy atom. The molecule has 0 spiro atoms. The predicted octanol–water partition coefficient (Wildman–Crippen LogP) is 2.89. The van der Waals surface area contributed by atoms with Crippen LogP contribution >= 0.6 is 11.6 Å². The summed E-state index contributed by atoms with van der Waals surface area (Å²) < 4.78 is 35.7. The van der Waals surface area contributed by atoms with Gasteiger partial charge in [-0.05, 0) is 37.8 Å². The zero-order chi connectivity index (χ0) is 24.7. The van der Waals surface area contributed by atoms with Crippen LogP contribution in [0.3, 0.4) is 0 Å². The minimum atomic E-state index is -1.16. The molecule has 1 aliphatic heterocycles. The fourth-order valence-corrected chi connectivity index (χ4v) is 4.75. The summed E-state index contributed by atoms with van der Waals surface area (Å²) in [6, 6.07) is 2.10. The van der Waals surface area contributed by atoms with Gasteiger partial charge < -0.3 is 26.2 Å². The van der Waals surface area contributed by atoms with E-state index < -0.39 is 17.7 Å². The molecule has 2 fully saturated rings. The minimum absolute atomic E-state index is 0.124. The van der Waals surface area contributed by atoms with Crippen molar-refractivity contribution in [1.82, 2.24) is 19.5 Å². The quantitative estimate of drug-likeness (QED) is 0.373. The van der Waals surface area contributed by atoms with Crippen molar-refractivity contribution in [3.8, 4) is 0 Å². The summed E-state index contributed by atoms with van der Waals surface area (Å²) >= 11 is 5.69. The molecule has 1 amide bonds. The van der Waals surface area contributed by atoms with Gasteiger partial charge >= 0.3 is 0 Å². The maximum absolute atomic E-state index is 14.6. The third kappa shape index (κ3) is 4.60. The van der Waals surface area contributed by atoms with E-state index in [4.69, 9.17) is 22.1 Å². The Kier molecular flexibility index (Phi) is 6.43. The number of aromatic nitrogens is 4. The van der Waals surface area contributed by atoms with Gasteiger partial charge in [-0.25, -0.2) is 18.7 Å². The Bertz CT molecular complexity index is 1270. The first-order valence-electron chi connectivity index (χ1n) is 11.3. The highest BCUT2D eigenvalue weighted by Crippen LogP contribution is 2.37. The van der Waals surface area contributed by atoms with Crippen molar-refractivity contribution >= 4 is 46.3 Å². The second-order valence-corrected chi connectivity index (χ2v) is 9.23. The molecular formula is C22H24ClF2N7O3. The molecule has 13 heteroatoms. The zero-order valence-electron chi connectivity index (χ0n) is 18.5. The number of fused-ring (bicyclic) bond motifs is 1. The van der Waals surface area contributed by atoms with E-state index >= 15 is 0 Å². The van der Waals surface area contributed by atoms with Crippen LogP contribution < -0.4 is 16.4 Å². The van der Waals surface area contributed by atoms with Crippen LogP contribution in [-0.4, -0.2) is 55.9 Å². The summed E-state index contributed by atoms with van der Waals surface area (Å²) in [5.74, 6) is -2.31. The molecular weight excluding hydrogens is 484 g/mol. The summed E-state index contributed by atoms with van der Waals surface area (Å²) in [4.78, 5) is 25.1. The molecule has 1 aliphatic carbocycles. The maximum atomic E-state index is 14.6. The van der Waals surface area contributed by atoms with Crippen LogP contribution in [0.4, 0.5) is 26.4 Å². The summed E-state index contributed by atoms with van der Waals surface area (Å²) in [7, 11) is 0. The fraction of sp³-hybridized carbons (Fsp3) is 0.455.